The molecule has 1 aliphatic carbocycles. The molecule has 0 bridgehead atoms. The molecule has 0 fully saturated rings. The average Bonchev–Trinajstić information content (AvgIpc) is 3.55. The Bertz CT molecular complexity index is 2810. The van der Waals surface area contributed by atoms with Gasteiger partial charge in [-0.25, -0.2) is 0 Å². The van der Waals surface area contributed by atoms with Crippen molar-refractivity contribution in [2.45, 2.75) is 18.9 Å². The largest absolute Gasteiger partial charge is 0.332 e. The molecule has 6 aromatic carbocycles. The van der Waals surface area contributed by atoms with Crippen LogP contribution >= 0.6 is 0 Å². The summed E-state index contributed by atoms with van der Waals surface area (Å²) in [5, 5.41) is 5.04. The molecule has 3 heteroatoms. The van der Waals surface area contributed by atoms with Gasteiger partial charge in [-0.3, -0.25) is 9.97 Å². The molecule has 3 aromatic heterocycles. The first-order valence-corrected chi connectivity index (χ1v) is 18.0. The molecule has 3 heterocycles. The normalized spacial score (nSPS) is 15.3. The standard InChI is InChI=1S/C49H35N3/c1-32-39-9-3-2-8-33(39)17-21-47(32)52-48-31-38(43-13-7-5-11-41(43)35-24-28-51-29-25-35)15-19-45(48)46-20-16-37-30-36(14-18-44(37)49(46)52)42-12-6-4-10-40(42)34-22-26-50-27-23-34/h2-32,47H,1H3. The summed E-state index contributed by atoms with van der Waals surface area (Å²) in [6.07, 6.45) is 12.2. The van der Waals surface area contributed by atoms with Crippen LogP contribution in [0, 0.1) is 0 Å². The zero-order chi connectivity index (χ0) is 34.6. The molecular weight excluding hydrogens is 631 g/mol. The summed E-state index contributed by atoms with van der Waals surface area (Å²) in [6, 6.07) is 53.4. The van der Waals surface area contributed by atoms with E-state index in [1.54, 1.807) is 0 Å². The van der Waals surface area contributed by atoms with Gasteiger partial charge >= 0.3 is 0 Å². The zero-order valence-corrected chi connectivity index (χ0v) is 28.8. The SMILES string of the molecule is CC1c2ccccc2C=CC1n1c2cc(-c3ccccc3-c3ccncc3)ccc2c2ccc3cc(-c4ccccc4-c4ccncc4)ccc3c21. The van der Waals surface area contributed by atoms with E-state index in [1.165, 1.54) is 88.2 Å². The minimum atomic E-state index is 0.137. The van der Waals surface area contributed by atoms with Crippen LogP contribution in [0.25, 0.3) is 83.2 Å². The number of nitrogens with zero attached hydrogens (tertiary/aromatic N) is 3. The molecule has 2 atom stereocenters. The molecule has 0 N–H and O–H groups in total. The van der Waals surface area contributed by atoms with Crippen LogP contribution in [0.5, 0.6) is 0 Å². The van der Waals surface area contributed by atoms with Crippen LogP contribution in [0.2, 0.25) is 0 Å². The van der Waals surface area contributed by atoms with Gasteiger partial charge in [0.2, 0.25) is 0 Å². The topological polar surface area (TPSA) is 30.7 Å². The van der Waals surface area contributed by atoms with E-state index in [0.717, 1.165) is 0 Å². The number of benzene rings is 6. The minimum Gasteiger partial charge on any atom is -0.332 e. The van der Waals surface area contributed by atoms with Crippen LogP contribution in [-0.2, 0) is 0 Å². The maximum Gasteiger partial charge on any atom is 0.0592 e. The van der Waals surface area contributed by atoms with E-state index in [9.17, 15) is 0 Å². The van der Waals surface area contributed by atoms with Crippen LogP contribution in [0.1, 0.15) is 30.0 Å². The van der Waals surface area contributed by atoms with Crippen molar-refractivity contribution in [2.24, 2.45) is 0 Å². The molecule has 1 aliphatic rings. The second-order valence-corrected chi connectivity index (χ2v) is 13.8. The Labute approximate surface area is 303 Å². The molecule has 52 heavy (non-hydrogen) atoms. The van der Waals surface area contributed by atoms with Crippen molar-refractivity contribution in [3.8, 4) is 44.5 Å². The summed E-state index contributed by atoms with van der Waals surface area (Å²) < 4.78 is 2.63. The maximum absolute atomic E-state index is 4.28. The minimum absolute atomic E-state index is 0.137. The van der Waals surface area contributed by atoms with Crippen molar-refractivity contribution in [3.05, 3.63) is 188 Å². The van der Waals surface area contributed by atoms with Crippen molar-refractivity contribution in [3.63, 3.8) is 0 Å². The molecule has 0 saturated carbocycles. The van der Waals surface area contributed by atoms with Crippen molar-refractivity contribution < 1.29 is 0 Å². The molecular formula is C49H35N3. The number of allylic oxidation sites excluding steroid dienone is 1. The quantitative estimate of drug-likeness (QED) is 0.183. The first kappa shape index (κ1) is 30.3. The maximum atomic E-state index is 4.28. The Morgan fingerprint density at radius 2 is 1.02 bits per heavy atom. The van der Waals surface area contributed by atoms with Crippen LogP contribution in [0.3, 0.4) is 0 Å². The predicted octanol–water partition coefficient (Wildman–Crippen LogP) is 12.8. The highest BCUT2D eigenvalue weighted by atomic mass is 15.0. The van der Waals surface area contributed by atoms with Crippen molar-refractivity contribution in [2.75, 3.05) is 0 Å². The summed E-state index contributed by atoms with van der Waals surface area (Å²) in [4.78, 5) is 8.54. The lowest BCUT2D eigenvalue weighted by Gasteiger charge is -2.30. The Morgan fingerprint density at radius 3 is 1.67 bits per heavy atom. The smallest absolute Gasteiger partial charge is 0.0592 e. The van der Waals surface area contributed by atoms with Crippen LogP contribution in [-0.4, -0.2) is 14.5 Å². The summed E-state index contributed by atoms with van der Waals surface area (Å²) in [6.45, 7) is 2.38. The van der Waals surface area contributed by atoms with E-state index < -0.39 is 0 Å². The first-order valence-electron chi connectivity index (χ1n) is 18.0. The van der Waals surface area contributed by atoms with Gasteiger partial charge in [-0.1, -0.05) is 128 Å². The summed E-state index contributed by atoms with van der Waals surface area (Å²) in [5.41, 5.74) is 14.8. The highest BCUT2D eigenvalue weighted by Gasteiger charge is 2.28. The monoisotopic (exact) mass is 665 g/mol. The summed E-state index contributed by atoms with van der Waals surface area (Å²) >= 11 is 0. The van der Waals surface area contributed by atoms with E-state index in [1.807, 2.05) is 24.8 Å². The number of fused-ring (bicyclic) bond motifs is 6. The predicted molar refractivity (Wildman–Crippen MR) is 217 cm³/mol. The lowest BCUT2D eigenvalue weighted by Crippen LogP contribution is -2.17. The highest BCUT2D eigenvalue weighted by molar-refractivity contribution is 6.19. The van der Waals surface area contributed by atoms with Gasteiger partial charge < -0.3 is 4.57 Å². The van der Waals surface area contributed by atoms with E-state index >= 15 is 0 Å². The van der Waals surface area contributed by atoms with Crippen LogP contribution in [0.4, 0.5) is 0 Å². The second kappa shape index (κ2) is 12.3. The molecule has 10 rings (SSSR count). The third-order valence-corrected chi connectivity index (χ3v) is 11.0. The molecule has 9 aromatic rings. The van der Waals surface area contributed by atoms with E-state index in [2.05, 4.69) is 179 Å². The van der Waals surface area contributed by atoms with Gasteiger partial charge in [0.1, 0.15) is 0 Å². The molecule has 0 amide bonds. The molecule has 3 nitrogen and oxygen atoms in total. The first-order chi connectivity index (χ1) is 25.7. The number of rotatable bonds is 5. The third-order valence-electron chi connectivity index (χ3n) is 11.0. The zero-order valence-electron chi connectivity index (χ0n) is 28.8. The van der Waals surface area contributed by atoms with Gasteiger partial charge in [0.05, 0.1) is 17.1 Å². The average molecular weight is 666 g/mol. The molecule has 0 saturated heterocycles. The van der Waals surface area contributed by atoms with Crippen LogP contribution < -0.4 is 0 Å². The van der Waals surface area contributed by atoms with Gasteiger partial charge in [-0.05, 0) is 97.4 Å². The number of aromatic nitrogens is 3. The van der Waals surface area contributed by atoms with Gasteiger partial charge in [-0.2, -0.15) is 0 Å². The fourth-order valence-electron chi connectivity index (χ4n) is 8.49. The summed E-state index contributed by atoms with van der Waals surface area (Å²) in [5.74, 6) is 0.287. The Kier molecular flexibility index (Phi) is 7.17. The number of hydrogen-bond acceptors (Lipinski definition) is 2. The van der Waals surface area contributed by atoms with Gasteiger partial charge in [-0.15, -0.1) is 0 Å². The Hall–Kier alpha value is -6.58. The lowest BCUT2D eigenvalue weighted by atomic mass is 9.84. The Balaban J connectivity index is 1.22. The highest BCUT2D eigenvalue weighted by Crippen LogP contribution is 2.46. The molecule has 0 radical (unpaired) electrons. The van der Waals surface area contributed by atoms with E-state index in [4.69, 9.17) is 0 Å². The number of pyridine rings is 2. The molecule has 0 spiro atoms. The van der Waals surface area contributed by atoms with E-state index in [0.29, 0.717) is 0 Å². The third kappa shape index (κ3) is 4.89. The fourth-order valence-corrected chi connectivity index (χ4v) is 8.49. The molecule has 0 aliphatic heterocycles. The molecule has 246 valence electrons. The van der Waals surface area contributed by atoms with E-state index in [-0.39, 0.29) is 12.0 Å². The van der Waals surface area contributed by atoms with Gasteiger partial charge in [0, 0.05) is 46.9 Å². The van der Waals surface area contributed by atoms with Crippen molar-refractivity contribution >= 4 is 38.7 Å². The van der Waals surface area contributed by atoms with Crippen molar-refractivity contribution in [1.82, 2.24) is 14.5 Å². The second-order valence-electron chi connectivity index (χ2n) is 13.8. The van der Waals surface area contributed by atoms with Gasteiger partial charge in [0.25, 0.3) is 0 Å². The van der Waals surface area contributed by atoms with Crippen LogP contribution in [0.15, 0.2) is 176 Å². The van der Waals surface area contributed by atoms with Crippen molar-refractivity contribution in [1.29, 1.82) is 0 Å². The lowest BCUT2D eigenvalue weighted by molar-refractivity contribution is 0.539. The van der Waals surface area contributed by atoms with Gasteiger partial charge in [0.15, 0.2) is 0 Å². The Morgan fingerprint density at radius 1 is 0.481 bits per heavy atom. The number of hydrogen-bond donors (Lipinski definition) is 0. The fraction of sp³-hybridized carbons (Fsp3) is 0.0612. The molecule has 2 unspecified atom stereocenters. The summed E-state index contributed by atoms with van der Waals surface area (Å²) in [7, 11) is 0.